The van der Waals surface area contributed by atoms with Crippen LogP contribution in [0.5, 0.6) is 0 Å². The average molecular weight is 439 g/mol. The maximum absolute atomic E-state index is 13.0. The van der Waals surface area contributed by atoms with Gasteiger partial charge in [0, 0.05) is 17.6 Å². The lowest BCUT2D eigenvalue weighted by atomic mass is 9.93. The van der Waals surface area contributed by atoms with Crippen LogP contribution in [-0.2, 0) is 16.2 Å². The normalized spacial score (nSPS) is 20.5. The quantitative estimate of drug-likeness (QED) is 0.576. The largest absolute Gasteiger partial charge is 0.431 e. The number of rotatable bonds is 4. The van der Waals surface area contributed by atoms with Crippen LogP contribution in [-0.4, -0.2) is 35.6 Å². The molecule has 1 aromatic carbocycles. The minimum Gasteiger partial charge on any atom is -0.391 e. The van der Waals surface area contributed by atoms with Crippen molar-refractivity contribution >= 4 is 21.1 Å². The van der Waals surface area contributed by atoms with E-state index in [1.54, 1.807) is 18.2 Å². The predicted octanol–water partition coefficient (Wildman–Crippen LogP) is 3.83. The van der Waals surface area contributed by atoms with E-state index in [9.17, 15) is 26.7 Å². The van der Waals surface area contributed by atoms with Crippen molar-refractivity contribution in [2.24, 2.45) is 0 Å². The molecule has 10 heteroatoms. The number of hydrogen-bond donors (Lipinski definition) is 3. The highest BCUT2D eigenvalue weighted by Gasteiger charge is 2.33. The summed E-state index contributed by atoms with van der Waals surface area (Å²) in [6, 6.07) is 7.93. The number of alkyl halides is 3. The lowest BCUT2D eigenvalue weighted by Gasteiger charge is -2.28. The van der Waals surface area contributed by atoms with Crippen molar-refractivity contribution in [2.45, 2.75) is 48.9 Å². The van der Waals surface area contributed by atoms with E-state index in [0.29, 0.717) is 29.4 Å². The Morgan fingerprint density at radius 1 is 1.10 bits per heavy atom. The molecule has 30 heavy (non-hydrogen) atoms. The summed E-state index contributed by atoms with van der Waals surface area (Å²) in [5.41, 5.74) is 0.273. The van der Waals surface area contributed by atoms with Gasteiger partial charge in [0.05, 0.1) is 11.0 Å². The molecule has 1 aliphatic rings. The molecule has 1 fully saturated rings. The second-order valence-electron chi connectivity index (χ2n) is 7.41. The fourth-order valence-electron chi connectivity index (χ4n) is 3.76. The van der Waals surface area contributed by atoms with E-state index in [1.165, 1.54) is 18.3 Å². The molecule has 0 bridgehead atoms. The maximum atomic E-state index is 13.0. The number of aromatic nitrogens is 2. The van der Waals surface area contributed by atoms with Gasteiger partial charge in [0.2, 0.25) is 10.0 Å². The van der Waals surface area contributed by atoms with Crippen LogP contribution in [0.2, 0.25) is 0 Å². The number of aliphatic hydroxyl groups is 1. The molecule has 0 aliphatic heterocycles. The Morgan fingerprint density at radius 2 is 1.80 bits per heavy atom. The Bertz CT molecular complexity index is 1160. The first-order valence-electron chi connectivity index (χ1n) is 9.51. The minimum atomic E-state index is -4.52. The van der Waals surface area contributed by atoms with Crippen LogP contribution in [0.15, 0.2) is 47.5 Å². The Kier molecular flexibility index (Phi) is 5.33. The highest BCUT2D eigenvalue weighted by Crippen LogP contribution is 2.34. The van der Waals surface area contributed by atoms with E-state index in [4.69, 9.17) is 0 Å². The number of hydrogen-bond acceptors (Lipinski definition) is 4. The van der Waals surface area contributed by atoms with E-state index in [2.05, 4.69) is 14.7 Å². The second-order valence-corrected chi connectivity index (χ2v) is 9.12. The molecule has 0 unspecified atom stereocenters. The van der Waals surface area contributed by atoms with Crippen molar-refractivity contribution in [1.82, 2.24) is 14.7 Å². The highest BCUT2D eigenvalue weighted by molar-refractivity contribution is 7.89. The van der Waals surface area contributed by atoms with Gasteiger partial charge in [0.1, 0.15) is 11.3 Å². The first kappa shape index (κ1) is 20.8. The zero-order valence-electron chi connectivity index (χ0n) is 15.8. The number of sulfonamides is 1. The van der Waals surface area contributed by atoms with Crippen LogP contribution in [0.1, 0.15) is 31.4 Å². The molecule has 2 aromatic heterocycles. The number of nitrogens with zero attached hydrogens (tertiary/aromatic N) is 1. The highest BCUT2D eigenvalue weighted by atomic mass is 32.2. The standard InChI is InChI=1S/C20H20F3N3O3S/c21-20(22,23)18-11-15-14(9-10-24-19(15)25-18)12-5-7-13(8-6-12)30(28,29)26-16-3-1-2-4-17(16)27/h5-11,16-17,26-27H,1-4H2,(H,24,25)/t16-,17+/m1/s1. The minimum absolute atomic E-state index is 0.0272. The van der Waals surface area contributed by atoms with Crippen molar-refractivity contribution in [3.8, 4) is 11.1 Å². The zero-order valence-corrected chi connectivity index (χ0v) is 16.6. The van der Waals surface area contributed by atoms with Gasteiger partial charge in [-0.3, -0.25) is 0 Å². The Labute approximate surface area is 171 Å². The molecule has 160 valence electrons. The molecule has 1 saturated carbocycles. The molecule has 0 amide bonds. The summed E-state index contributed by atoms with van der Waals surface area (Å²) in [4.78, 5) is 6.24. The van der Waals surface area contributed by atoms with Crippen LogP contribution in [0, 0.1) is 0 Å². The Hall–Kier alpha value is -2.43. The number of benzene rings is 1. The lowest BCUT2D eigenvalue weighted by Crippen LogP contribution is -2.44. The number of halogens is 3. The van der Waals surface area contributed by atoms with Gasteiger partial charge in [0.25, 0.3) is 0 Å². The summed E-state index contributed by atoms with van der Waals surface area (Å²) >= 11 is 0. The summed E-state index contributed by atoms with van der Waals surface area (Å²) in [7, 11) is -3.83. The third-order valence-corrected chi connectivity index (χ3v) is 6.85. The van der Waals surface area contributed by atoms with E-state index < -0.39 is 34.0 Å². The molecule has 2 atom stereocenters. The lowest BCUT2D eigenvalue weighted by molar-refractivity contribution is -0.140. The van der Waals surface area contributed by atoms with Gasteiger partial charge in [0.15, 0.2) is 0 Å². The van der Waals surface area contributed by atoms with Gasteiger partial charge in [-0.2, -0.15) is 13.2 Å². The van der Waals surface area contributed by atoms with Gasteiger partial charge in [-0.15, -0.1) is 0 Å². The van der Waals surface area contributed by atoms with Crippen LogP contribution >= 0.6 is 0 Å². The molecule has 1 aliphatic carbocycles. The van der Waals surface area contributed by atoms with Crippen molar-refractivity contribution in [2.75, 3.05) is 0 Å². The van der Waals surface area contributed by atoms with Gasteiger partial charge in [-0.1, -0.05) is 25.0 Å². The first-order chi connectivity index (χ1) is 14.1. The van der Waals surface area contributed by atoms with Gasteiger partial charge < -0.3 is 10.1 Å². The van der Waals surface area contributed by atoms with E-state index in [0.717, 1.165) is 18.9 Å². The molecule has 3 aromatic rings. The Morgan fingerprint density at radius 3 is 2.47 bits per heavy atom. The SMILES string of the molecule is O=S(=O)(N[C@@H]1CCCC[C@@H]1O)c1ccc(-c2ccnc3[nH]c(C(F)(F)F)cc23)cc1. The maximum Gasteiger partial charge on any atom is 0.431 e. The molecule has 3 N–H and O–H groups in total. The first-order valence-corrected chi connectivity index (χ1v) is 11.0. The molecule has 0 spiro atoms. The number of aromatic amines is 1. The van der Waals surface area contributed by atoms with Crippen LogP contribution in [0.3, 0.4) is 0 Å². The van der Waals surface area contributed by atoms with Crippen molar-refractivity contribution in [1.29, 1.82) is 0 Å². The number of H-pyrrole nitrogens is 1. The average Bonchev–Trinajstić information content (AvgIpc) is 3.15. The second kappa shape index (κ2) is 7.68. The van der Waals surface area contributed by atoms with Gasteiger partial charge in [-0.05, 0) is 48.2 Å². The zero-order chi connectivity index (χ0) is 21.5. The summed E-state index contributed by atoms with van der Waals surface area (Å²) < 4.78 is 66.9. The smallest absolute Gasteiger partial charge is 0.391 e. The fourth-order valence-corrected chi connectivity index (χ4v) is 5.07. The number of nitrogens with one attached hydrogen (secondary N) is 2. The summed E-state index contributed by atoms with van der Waals surface area (Å²) in [5.74, 6) is 0. The van der Waals surface area contributed by atoms with Crippen LogP contribution < -0.4 is 4.72 Å². The number of aliphatic hydroxyl groups excluding tert-OH is 1. The van der Waals surface area contributed by atoms with Crippen molar-refractivity contribution < 1.29 is 26.7 Å². The molecular weight excluding hydrogens is 419 g/mol. The Balaban J connectivity index is 1.63. The molecule has 0 saturated heterocycles. The third kappa shape index (κ3) is 4.07. The molecule has 0 radical (unpaired) electrons. The fraction of sp³-hybridized carbons (Fsp3) is 0.350. The van der Waals surface area contributed by atoms with E-state index >= 15 is 0 Å². The topological polar surface area (TPSA) is 95.1 Å². The monoisotopic (exact) mass is 439 g/mol. The van der Waals surface area contributed by atoms with Crippen LogP contribution in [0.4, 0.5) is 13.2 Å². The van der Waals surface area contributed by atoms with Crippen molar-refractivity contribution in [3.05, 3.63) is 48.3 Å². The van der Waals surface area contributed by atoms with Gasteiger partial charge >= 0.3 is 6.18 Å². The van der Waals surface area contributed by atoms with Crippen molar-refractivity contribution in [3.63, 3.8) is 0 Å². The summed E-state index contributed by atoms with van der Waals surface area (Å²) in [6.07, 6.45) is -1.00. The molecule has 4 rings (SSSR count). The van der Waals surface area contributed by atoms with Crippen LogP contribution in [0.25, 0.3) is 22.2 Å². The van der Waals surface area contributed by atoms with E-state index in [1.807, 2.05) is 0 Å². The third-order valence-electron chi connectivity index (χ3n) is 5.35. The molecule has 2 heterocycles. The molecular formula is C20H20F3N3O3S. The summed E-state index contributed by atoms with van der Waals surface area (Å²) in [5, 5.41) is 10.3. The number of pyridine rings is 1. The van der Waals surface area contributed by atoms with E-state index in [-0.39, 0.29) is 10.5 Å². The summed E-state index contributed by atoms with van der Waals surface area (Å²) in [6.45, 7) is 0. The number of fused-ring (bicyclic) bond motifs is 1. The predicted molar refractivity (Wildman–Crippen MR) is 105 cm³/mol. The van der Waals surface area contributed by atoms with Gasteiger partial charge in [-0.25, -0.2) is 18.1 Å². The molecule has 6 nitrogen and oxygen atoms in total.